The summed E-state index contributed by atoms with van der Waals surface area (Å²) in [6.07, 6.45) is 3.36. The van der Waals surface area contributed by atoms with Crippen LogP contribution in [0, 0.1) is 0 Å². The molecule has 1 amide bonds. The summed E-state index contributed by atoms with van der Waals surface area (Å²) >= 11 is 1.46. The Morgan fingerprint density at radius 2 is 1.83 bits per heavy atom. The number of nitrogens with zero attached hydrogens (tertiary/aromatic N) is 3. The second kappa shape index (κ2) is 9.47. The van der Waals surface area contributed by atoms with Crippen LogP contribution in [0.1, 0.15) is 61.2 Å². The highest BCUT2D eigenvalue weighted by Crippen LogP contribution is 2.40. The number of aryl methyl sites for hydroxylation is 1. The van der Waals surface area contributed by atoms with Crippen molar-refractivity contribution in [2.45, 2.75) is 56.8 Å². The molecular formula is C24H28N4OS. The molecule has 0 saturated heterocycles. The third kappa shape index (κ3) is 5.11. The molecule has 156 valence electrons. The Bertz CT molecular complexity index is 980. The minimum absolute atomic E-state index is 0.00861. The van der Waals surface area contributed by atoms with E-state index in [0.29, 0.717) is 11.7 Å². The lowest BCUT2D eigenvalue weighted by Gasteiger charge is -2.15. The van der Waals surface area contributed by atoms with E-state index in [-0.39, 0.29) is 11.9 Å². The Morgan fingerprint density at radius 3 is 2.50 bits per heavy atom. The highest BCUT2D eigenvalue weighted by atomic mass is 32.2. The van der Waals surface area contributed by atoms with Crippen LogP contribution in [0.3, 0.4) is 0 Å². The number of carbonyl (C=O) groups is 1. The maximum atomic E-state index is 12.6. The lowest BCUT2D eigenvalue weighted by atomic mass is 10.1. The van der Waals surface area contributed by atoms with Gasteiger partial charge in [-0.15, -0.1) is 10.2 Å². The molecule has 0 aliphatic heterocycles. The average Bonchev–Trinajstić information content (AvgIpc) is 3.54. The first-order valence-corrected chi connectivity index (χ1v) is 11.6. The molecule has 5 nitrogen and oxygen atoms in total. The summed E-state index contributed by atoms with van der Waals surface area (Å²) < 4.78 is 2.18. The quantitative estimate of drug-likeness (QED) is 0.508. The molecule has 0 bridgehead atoms. The molecule has 1 heterocycles. The van der Waals surface area contributed by atoms with Crippen molar-refractivity contribution in [1.82, 2.24) is 20.1 Å². The molecular weight excluding hydrogens is 392 g/mol. The van der Waals surface area contributed by atoms with E-state index in [9.17, 15) is 4.79 Å². The molecule has 6 heteroatoms. The average molecular weight is 421 g/mol. The number of amides is 1. The minimum atomic E-state index is -0.0202. The Labute approximate surface area is 182 Å². The van der Waals surface area contributed by atoms with Crippen LogP contribution in [0.15, 0.2) is 59.8 Å². The van der Waals surface area contributed by atoms with Crippen LogP contribution in [0.2, 0.25) is 0 Å². The summed E-state index contributed by atoms with van der Waals surface area (Å²) in [5.74, 6) is 1.89. The number of hydrogen-bond acceptors (Lipinski definition) is 4. The maximum Gasteiger partial charge on any atom is 0.230 e. The van der Waals surface area contributed by atoms with Gasteiger partial charge < -0.3 is 9.88 Å². The fourth-order valence-electron chi connectivity index (χ4n) is 3.50. The van der Waals surface area contributed by atoms with E-state index in [1.807, 2.05) is 25.1 Å². The van der Waals surface area contributed by atoms with E-state index in [4.69, 9.17) is 0 Å². The number of hydrogen-bond donors (Lipinski definition) is 1. The normalized spacial score (nSPS) is 14.5. The van der Waals surface area contributed by atoms with Crippen LogP contribution in [0.25, 0.3) is 0 Å². The van der Waals surface area contributed by atoms with E-state index in [1.54, 1.807) is 0 Å². The van der Waals surface area contributed by atoms with E-state index < -0.39 is 0 Å². The van der Waals surface area contributed by atoms with Gasteiger partial charge in [0.15, 0.2) is 5.16 Å². The topological polar surface area (TPSA) is 59.8 Å². The molecule has 1 N–H and O–H groups in total. The summed E-state index contributed by atoms with van der Waals surface area (Å²) in [5, 5.41) is 12.7. The van der Waals surface area contributed by atoms with Gasteiger partial charge in [0.05, 0.1) is 18.3 Å². The number of thioether (sulfide) groups is 1. The zero-order chi connectivity index (χ0) is 20.9. The van der Waals surface area contributed by atoms with Crippen LogP contribution in [0.4, 0.5) is 0 Å². The first-order chi connectivity index (χ1) is 14.6. The fourth-order valence-corrected chi connectivity index (χ4v) is 4.26. The molecule has 1 aromatic heterocycles. The molecule has 3 aromatic rings. The SMILES string of the molecule is CCc1ccc([C@H](C)NC(=O)CSc2nnc(C3CC3)n2Cc2ccccc2)cc1. The van der Waals surface area contributed by atoms with Crippen molar-refractivity contribution >= 4 is 17.7 Å². The zero-order valence-electron chi connectivity index (χ0n) is 17.5. The Kier molecular flexibility index (Phi) is 6.53. The maximum absolute atomic E-state index is 12.6. The fraction of sp³-hybridized carbons (Fsp3) is 0.375. The van der Waals surface area contributed by atoms with Crippen LogP contribution in [0.5, 0.6) is 0 Å². The summed E-state index contributed by atoms with van der Waals surface area (Å²) in [4.78, 5) is 12.6. The highest BCUT2D eigenvalue weighted by Gasteiger charge is 2.30. The first kappa shape index (κ1) is 20.7. The molecule has 0 unspecified atom stereocenters. The number of aromatic nitrogens is 3. The van der Waals surface area contributed by atoms with E-state index >= 15 is 0 Å². The Hall–Kier alpha value is -2.60. The summed E-state index contributed by atoms with van der Waals surface area (Å²) in [6.45, 7) is 4.90. The molecule has 1 aliphatic carbocycles. The molecule has 30 heavy (non-hydrogen) atoms. The molecule has 1 fully saturated rings. The zero-order valence-corrected chi connectivity index (χ0v) is 18.4. The number of nitrogens with one attached hydrogen (secondary N) is 1. The predicted octanol–water partition coefficient (Wildman–Crippen LogP) is 4.74. The van der Waals surface area contributed by atoms with E-state index in [0.717, 1.165) is 29.5 Å². The molecule has 2 aromatic carbocycles. The number of rotatable bonds is 9. The van der Waals surface area contributed by atoms with Crippen molar-refractivity contribution in [3.05, 3.63) is 77.1 Å². The van der Waals surface area contributed by atoms with Gasteiger partial charge in [0.25, 0.3) is 0 Å². The van der Waals surface area contributed by atoms with E-state index in [1.165, 1.54) is 35.7 Å². The third-order valence-corrected chi connectivity index (χ3v) is 6.44. The van der Waals surface area contributed by atoms with Gasteiger partial charge in [-0.25, -0.2) is 0 Å². The Morgan fingerprint density at radius 1 is 1.10 bits per heavy atom. The summed E-state index contributed by atoms with van der Waals surface area (Å²) in [5.41, 5.74) is 3.64. The predicted molar refractivity (Wildman–Crippen MR) is 121 cm³/mol. The molecule has 1 saturated carbocycles. The molecule has 1 aliphatic rings. The summed E-state index contributed by atoms with van der Waals surface area (Å²) in [7, 11) is 0. The van der Waals surface area contributed by atoms with Crippen LogP contribution in [-0.2, 0) is 17.8 Å². The van der Waals surface area contributed by atoms with Gasteiger partial charge >= 0.3 is 0 Å². The second-order valence-electron chi connectivity index (χ2n) is 7.86. The third-order valence-electron chi connectivity index (χ3n) is 5.47. The highest BCUT2D eigenvalue weighted by molar-refractivity contribution is 7.99. The largest absolute Gasteiger partial charge is 0.349 e. The standard InChI is InChI=1S/C24H28N4OS/c1-3-18-9-11-20(12-10-18)17(2)25-22(29)16-30-24-27-26-23(21-13-14-21)28(24)15-19-7-5-4-6-8-19/h4-12,17,21H,3,13-16H2,1-2H3,(H,25,29)/t17-/m0/s1. The van der Waals surface area contributed by atoms with Crippen LogP contribution >= 0.6 is 11.8 Å². The number of benzene rings is 2. The Balaban J connectivity index is 1.38. The van der Waals surface area contributed by atoms with E-state index in [2.05, 4.69) is 63.4 Å². The van der Waals surface area contributed by atoms with Gasteiger partial charge in [-0.2, -0.15) is 0 Å². The lowest BCUT2D eigenvalue weighted by molar-refractivity contribution is -0.119. The van der Waals surface area contributed by atoms with Crippen molar-refractivity contribution in [2.24, 2.45) is 0 Å². The number of carbonyl (C=O) groups excluding carboxylic acids is 1. The van der Waals surface area contributed by atoms with Crippen molar-refractivity contribution in [3.63, 3.8) is 0 Å². The van der Waals surface area contributed by atoms with Gasteiger partial charge in [0.1, 0.15) is 5.82 Å². The van der Waals surface area contributed by atoms with Gasteiger partial charge in [0, 0.05) is 5.92 Å². The lowest BCUT2D eigenvalue weighted by Crippen LogP contribution is -2.28. The summed E-state index contributed by atoms with van der Waals surface area (Å²) in [6, 6.07) is 18.8. The van der Waals surface area contributed by atoms with Crippen LogP contribution < -0.4 is 5.32 Å². The monoisotopic (exact) mass is 420 g/mol. The minimum Gasteiger partial charge on any atom is -0.349 e. The smallest absolute Gasteiger partial charge is 0.230 e. The van der Waals surface area contributed by atoms with Crippen molar-refractivity contribution in [2.75, 3.05) is 5.75 Å². The van der Waals surface area contributed by atoms with Crippen molar-refractivity contribution < 1.29 is 4.79 Å². The second-order valence-corrected chi connectivity index (χ2v) is 8.80. The van der Waals surface area contributed by atoms with Crippen molar-refractivity contribution in [1.29, 1.82) is 0 Å². The van der Waals surface area contributed by atoms with Gasteiger partial charge in [-0.1, -0.05) is 73.3 Å². The van der Waals surface area contributed by atoms with Gasteiger partial charge in [-0.3, -0.25) is 4.79 Å². The van der Waals surface area contributed by atoms with Crippen LogP contribution in [-0.4, -0.2) is 26.4 Å². The van der Waals surface area contributed by atoms with Crippen molar-refractivity contribution in [3.8, 4) is 0 Å². The van der Waals surface area contributed by atoms with Gasteiger partial charge in [0.2, 0.25) is 5.91 Å². The first-order valence-electron chi connectivity index (χ1n) is 10.6. The molecule has 0 spiro atoms. The molecule has 4 rings (SSSR count). The van der Waals surface area contributed by atoms with Gasteiger partial charge in [-0.05, 0) is 42.9 Å². The molecule has 0 radical (unpaired) electrons. The molecule has 1 atom stereocenters.